The van der Waals surface area contributed by atoms with Gasteiger partial charge in [-0.05, 0) is 5.41 Å². The summed E-state index contributed by atoms with van der Waals surface area (Å²) in [4.78, 5) is 11.4. The minimum absolute atomic E-state index is 0.0212. The van der Waals surface area contributed by atoms with Crippen molar-refractivity contribution in [2.24, 2.45) is 5.41 Å². The van der Waals surface area contributed by atoms with E-state index in [0.717, 1.165) is 0 Å². The summed E-state index contributed by atoms with van der Waals surface area (Å²) in [5, 5.41) is 11.2. The highest BCUT2D eigenvalue weighted by molar-refractivity contribution is 5.75. The molecule has 0 heterocycles. The second kappa shape index (κ2) is 12.1. The zero-order valence-electron chi connectivity index (χ0n) is 12.9. The first kappa shape index (κ1) is 19.3. The smallest absolute Gasteiger partial charge is 0.222 e. The van der Waals surface area contributed by atoms with Crippen LogP contribution in [-0.2, 0) is 19.0 Å². The molecule has 0 aromatic carbocycles. The molecule has 0 aromatic heterocycles. The molecule has 2 N–H and O–H groups in total. The summed E-state index contributed by atoms with van der Waals surface area (Å²) in [5.74, 6) is -0.0287. The SMILES string of the molecule is CC(C)(C)COCCC(=O)NCCOCCOCCO. The van der Waals surface area contributed by atoms with Gasteiger partial charge in [-0.1, -0.05) is 20.8 Å². The highest BCUT2D eigenvalue weighted by Gasteiger charge is 2.10. The maximum absolute atomic E-state index is 11.4. The fourth-order valence-electron chi connectivity index (χ4n) is 1.28. The Balaban J connectivity index is 3.25. The number of nitrogens with one attached hydrogen (secondary N) is 1. The summed E-state index contributed by atoms with van der Waals surface area (Å²) in [6.45, 7) is 9.57. The summed E-state index contributed by atoms with van der Waals surface area (Å²) in [5.41, 5.74) is 0.127. The van der Waals surface area contributed by atoms with E-state index < -0.39 is 0 Å². The number of carbonyl (C=O) groups excluding carboxylic acids is 1. The third-order valence-electron chi connectivity index (χ3n) is 2.18. The van der Waals surface area contributed by atoms with E-state index in [-0.39, 0.29) is 17.9 Å². The minimum atomic E-state index is -0.0287. The number of amides is 1. The Bertz CT molecular complexity index is 240. The molecule has 20 heavy (non-hydrogen) atoms. The molecule has 0 saturated carbocycles. The molecule has 0 aliphatic carbocycles. The van der Waals surface area contributed by atoms with Gasteiger partial charge in [0.2, 0.25) is 5.91 Å². The van der Waals surface area contributed by atoms with Crippen molar-refractivity contribution < 1.29 is 24.1 Å². The van der Waals surface area contributed by atoms with Crippen LogP contribution in [0.3, 0.4) is 0 Å². The van der Waals surface area contributed by atoms with Crippen molar-refractivity contribution in [1.29, 1.82) is 0 Å². The molecule has 120 valence electrons. The Morgan fingerprint density at radius 1 is 1.00 bits per heavy atom. The Kier molecular flexibility index (Phi) is 11.7. The number of rotatable bonds is 12. The van der Waals surface area contributed by atoms with E-state index >= 15 is 0 Å². The van der Waals surface area contributed by atoms with Crippen LogP contribution in [0.25, 0.3) is 0 Å². The normalized spacial score (nSPS) is 11.6. The lowest BCUT2D eigenvalue weighted by molar-refractivity contribution is -0.122. The molecule has 0 aromatic rings. The molecule has 6 nitrogen and oxygen atoms in total. The maximum atomic E-state index is 11.4. The molecule has 0 aliphatic heterocycles. The van der Waals surface area contributed by atoms with Gasteiger partial charge in [0.25, 0.3) is 0 Å². The average molecular weight is 291 g/mol. The van der Waals surface area contributed by atoms with Gasteiger partial charge in [0.15, 0.2) is 0 Å². The monoisotopic (exact) mass is 291 g/mol. The van der Waals surface area contributed by atoms with E-state index in [2.05, 4.69) is 26.1 Å². The second-order valence-electron chi connectivity index (χ2n) is 5.66. The van der Waals surface area contributed by atoms with Gasteiger partial charge in [-0.25, -0.2) is 0 Å². The third kappa shape index (κ3) is 15.4. The van der Waals surface area contributed by atoms with Crippen molar-refractivity contribution in [1.82, 2.24) is 5.32 Å². The molecule has 0 rings (SSSR count). The number of hydrogen-bond acceptors (Lipinski definition) is 5. The lowest BCUT2D eigenvalue weighted by atomic mass is 9.99. The lowest BCUT2D eigenvalue weighted by Crippen LogP contribution is -2.28. The molecule has 0 unspecified atom stereocenters. The first-order valence-corrected chi connectivity index (χ1v) is 7.06. The van der Waals surface area contributed by atoms with Crippen molar-refractivity contribution >= 4 is 5.91 Å². The maximum Gasteiger partial charge on any atom is 0.222 e. The van der Waals surface area contributed by atoms with Crippen molar-refractivity contribution in [2.45, 2.75) is 27.2 Å². The second-order valence-corrected chi connectivity index (χ2v) is 5.66. The number of aliphatic hydroxyl groups excluding tert-OH is 1. The lowest BCUT2D eigenvalue weighted by Gasteiger charge is -2.17. The molecule has 0 spiro atoms. The number of carbonyl (C=O) groups is 1. The zero-order chi connectivity index (χ0) is 15.3. The largest absolute Gasteiger partial charge is 0.394 e. The predicted molar refractivity (Wildman–Crippen MR) is 76.6 cm³/mol. The van der Waals surface area contributed by atoms with Crippen LogP contribution in [0.4, 0.5) is 0 Å². The Morgan fingerprint density at radius 3 is 2.25 bits per heavy atom. The highest BCUT2D eigenvalue weighted by Crippen LogP contribution is 2.12. The third-order valence-corrected chi connectivity index (χ3v) is 2.18. The van der Waals surface area contributed by atoms with Crippen LogP contribution < -0.4 is 5.32 Å². The molecule has 0 radical (unpaired) electrons. The fraction of sp³-hybridized carbons (Fsp3) is 0.929. The van der Waals surface area contributed by atoms with Gasteiger partial charge in [-0.15, -0.1) is 0 Å². The molecule has 0 atom stereocenters. The van der Waals surface area contributed by atoms with Crippen LogP contribution in [0.2, 0.25) is 0 Å². The first-order chi connectivity index (χ1) is 9.45. The van der Waals surface area contributed by atoms with E-state index in [1.807, 2.05) is 0 Å². The molecule has 0 saturated heterocycles. The molecule has 0 aliphatic rings. The average Bonchev–Trinajstić information content (AvgIpc) is 2.37. The summed E-state index contributed by atoms with van der Waals surface area (Å²) < 4.78 is 15.7. The van der Waals surface area contributed by atoms with E-state index in [1.165, 1.54) is 0 Å². The van der Waals surface area contributed by atoms with Gasteiger partial charge >= 0.3 is 0 Å². The highest BCUT2D eigenvalue weighted by atomic mass is 16.5. The molecule has 0 bridgehead atoms. The van der Waals surface area contributed by atoms with Crippen LogP contribution in [0.15, 0.2) is 0 Å². The van der Waals surface area contributed by atoms with E-state index in [1.54, 1.807) is 0 Å². The molecule has 6 heteroatoms. The minimum Gasteiger partial charge on any atom is -0.394 e. The summed E-state index contributed by atoms with van der Waals surface area (Å²) >= 11 is 0. The van der Waals surface area contributed by atoms with Crippen LogP contribution in [-0.4, -0.2) is 63.8 Å². The van der Waals surface area contributed by atoms with Crippen molar-refractivity contribution in [3.8, 4) is 0 Å². The molecule has 1 amide bonds. The Hall–Kier alpha value is -0.690. The summed E-state index contributed by atoms with van der Waals surface area (Å²) in [6, 6.07) is 0. The van der Waals surface area contributed by atoms with Gasteiger partial charge in [0.05, 0.1) is 46.2 Å². The quantitative estimate of drug-likeness (QED) is 0.514. The van der Waals surface area contributed by atoms with Gasteiger partial charge in [-0.3, -0.25) is 4.79 Å². The summed E-state index contributed by atoms with van der Waals surface area (Å²) in [7, 11) is 0. The van der Waals surface area contributed by atoms with E-state index in [0.29, 0.717) is 52.6 Å². The van der Waals surface area contributed by atoms with Gasteiger partial charge in [0, 0.05) is 13.0 Å². The number of aliphatic hydroxyl groups is 1. The van der Waals surface area contributed by atoms with Crippen molar-refractivity contribution in [3.63, 3.8) is 0 Å². The fourth-order valence-corrected chi connectivity index (χ4v) is 1.28. The van der Waals surface area contributed by atoms with Crippen LogP contribution in [0, 0.1) is 5.41 Å². The van der Waals surface area contributed by atoms with E-state index in [9.17, 15) is 4.79 Å². The number of hydrogen-bond donors (Lipinski definition) is 2. The molecular formula is C14H29NO5. The Morgan fingerprint density at radius 2 is 1.65 bits per heavy atom. The Labute approximate surface area is 121 Å². The summed E-state index contributed by atoms with van der Waals surface area (Å²) in [6.07, 6.45) is 0.371. The van der Waals surface area contributed by atoms with Crippen LogP contribution >= 0.6 is 0 Å². The number of ether oxygens (including phenoxy) is 3. The topological polar surface area (TPSA) is 77.0 Å². The van der Waals surface area contributed by atoms with E-state index in [4.69, 9.17) is 19.3 Å². The van der Waals surface area contributed by atoms with Crippen LogP contribution in [0.5, 0.6) is 0 Å². The van der Waals surface area contributed by atoms with Crippen LogP contribution in [0.1, 0.15) is 27.2 Å². The van der Waals surface area contributed by atoms with Gasteiger partial charge in [-0.2, -0.15) is 0 Å². The van der Waals surface area contributed by atoms with Crippen molar-refractivity contribution in [3.05, 3.63) is 0 Å². The van der Waals surface area contributed by atoms with Gasteiger partial charge in [0.1, 0.15) is 0 Å². The zero-order valence-corrected chi connectivity index (χ0v) is 12.9. The first-order valence-electron chi connectivity index (χ1n) is 7.06. The van der Waals surface area contributed by atoms with Crippen molar-refractivity contribution in [2.75, 3.05) is 52.8 Å². The standard InChI is InChI=1S/C14H29NO5/c1-14(2,3)12-20-7-4-13(17)15-5-8-18-10-11-19-9-6-16/h16H,4-12H2,1-3H3,(H,15,17). The molecular weight excluding hydrogens is 262 g/mol. The predicted octanol–water partition coefficient (Wildman–Crippen LogP) is 0.581. The molecule has 0 fully saturated rings. The van der Waals surface area contributed by atoms with Gasteiger partial charge < -0.3 is 24.6 Å².